The molecule has 176 valence electrons. The minimum Gasteiger partial charge on any atom is -0.415 e. The largest absolute Gasteiger partial charge is 0.415 e. The Bertz CT molecular complexity index is 1340. The number of nitrogens with zero attached hydrogens (tertiary/aromatic N) is 5. The van der Waals surface area contributed by atoms with Crippen molar-refractivity contribution in [2.75, 3.05) is 10.6 Å². The zero-order chi connectivity index (χ0) is 23.7. The first-order chi connectivity index (χ1) is 16.5. The minimum absolute atomic E-state index is 0.120. The molecule has 0 amide bonds. The van der Waals surface area contributed by atoms with E-state index in [1.807, 2.05) is 36.4 Å². The maximum absolute atomic E-state index is 12.7. The van der Waals surface area contributed by atoms with Gasteiger partial charge in [0.1, 0.15) is 11.6 Å². The molecule has 4 aromatic rings. The lowest BCUT2D eigenvalue weighted by Gasteiger charge is -2.16. The first-order valence-corrected chi connectivity index (χ1v) is 10.9. The van der Waals surface area contributed by atoms with Crippen LogP contribution in [0.25, 0.3) is 16.7 Å². The molecule has 1 saturated carbocycles. The Hall–Kier alpha value is -4.02. The molecule has 0 aliphatic heterocycles. The maximum Gasteiger partial charge on any atom is 0.388 e. The van der Waals surface area contributed by atoms with Crippen LogP contribution in [0.3, 0.4) is 0 Å². The van der Waals surface area contributed by atoms with Crippen molar-refractivity contribution in [3.63, 3.8) is 0 Å². The van der Waals surface area contributed by atoms with Gasteiger partial charge in [0.2, 0.25) is 5.88 Å². The van der Waals surface area contributed by atoms with Gasteiger partial charge < -0.3 is 15.4 Å². The third kappa shape index (κ3) is 4.41. The summed E-state index contributed by atoms with van der Waals surface area (Å²) in [6, 6.07) is 11.8. The standard InChI is InChI=1S/C23H23F2N7O2/c1-31-17-4-2-3-5-18(17)32(23(31)33)16-8-9-19(26-11-16)29-14-6-7-15(10-14)30-20-12-28-21(13-27-20)34-22(24)25/h2-5,8-9,11-15,22H,6-7,10H2,1H3,(H,26,29)(H,27,30)/t14-,15-/m0/s1. The number of rotatable bonds is 7. The number of aromatic nitrogens is 5. The smallest absolute Gasteiger partial charge is 0.388 e. The predicted molar refractivity (Wildman–Crippen MR) is 124 cm³/mol. The Morgan fingerprint density at radius 2 is 1.65 bits per heavy atom. The summed E-state index contributed by atoms with van der Waals surface area (Å²) in [5.41, 5.74) is 2.28. The van der Waals surface area contributed by atoms with E-state index >= 15 is 0 Å². The lowest BCUT2D eigenvalue weighted by Crippen LogP contribution is -2.22. The Morgan fingerprint density at radius 1 is 0.941 bits per heavy atom. The molecule has 34 heavy (non-hydrogen) atoms. The molecule has 11 heteroatoms. The number of imidazole rings is 1. The van der Waals surface area contributed by atoms with Crippen LogP contribution in [0.15, 0.2) is 59.8 Å². The second-order valence-electron chi connectivity index (χ2n) is 8.18. The molecule has 2 N–H and O–H groups in total. The molecule has 0 saturated heterocycles. The third-order valence-electron chi connectivity index (χ3n) is 5.94. The van der Waals surface area contributed by atoms with Gasteiger partial charge in [0.15, 0.2) is 0 Å². The lowest BCUT2D eigenvalue weighted by atomic mass is 10.2. The number of benzene rings is 1. The molecule has 3 heterocycles. The monoisotopic (exact) mass is 467 g/mol. The molecule has 0 bridgehead atoms. The second-order valence-corrected chi connectivity index (χ2v) is 8.18. The number of halogens is 2. The van der Waals surface area contributed by atoms with Crippen molar-refractivity contribution >= 4 is 22.7 Å². The molecule has 3 aromatic heterocycles. The van der Waals surface area contributed by atoms with Crippen LogP contribution in [0.2, 0.25) is 0 Å². The average Bonchev–Trinajstić information content (AvgIpc) is 3.37. The minimum atomic E-state index is -2.93. The van der Waals surface area contributed by atoms with Crippen molar-refractivity contribution in [2.24, 2.45) is 7.05 Å². The van der Waals surface area contributed by atoms with E-state index in [1.165, 1.54) is 12.4 Å². The van der Waals surface area contributed by atoms with Crippen LogP contribution >= 0.6 is 0 Å². The molecule has 1 fully saturated rings. The zero-order valence-corrected chi connectivity index (χ0v) is 18.4. The summed E-state index contributed by atoms with van der Waals surface area (Å²) in [5, 5.41) is 6.72. The third-order valence-corrected chi connectivity index (χ3v) is 5.94. The van der Waals surface area contributed by atoms with Gasteiger partial charge in [-0.15, -0.1) is 0 Å². The van der Waals surface area contributed by atoms with Crippen molar-refractivity contribution in [1.82, 2.24) is 24.1 Å². The van der Waals surface area contributed by atoms with Crippen LogP contribution in [-0.4, -0.2) is 42.8 Å². The normalized spacial score (nSPS) is 17.9. The van der Waals surface area contributed by atoms with E-state index in [4.69, 9.17) is 0 Å². The number of ether oxygens (including phenoxy) is 1. The highest BCUT2D eigenvalue weighted by Gasteiger charge is 2.25. The van der Waals surface area contributed by atoms with E-state index < -0.39 is 6.61 Å². The van der Waals surface area contributed by atoms with Gasteiger partial charge in [-0.3, -0.25) is 9.13 Å². The van der Waals surface area contributed by atoms with E-state index in [-0.39, 0.29) is 23.7 Å². The summed E-state index contributed by atoms with van der Waals surface area (Å²) in [6.45, 7) is -2.93. The maximum atomic E-state index is 12.7. The Morgan fingerprint density at radius 3 is 2.29 bits per heavy atom. The summed E-state index contributed by atoms with van der Waals surface area (Å²) >= 11 is 0. The summed E-state index contributed by atoms with van der Waals surface area (Å²) in [4.78, 5) is 25.2. The van der Waals surface area contributed by atoms with Crippen molar-refractivity contribution in [1.29, 1.82) is 0 Å². The van der Waals surface area contributed by atoms with Crippen molar-refractivity contribution in [3.8, 4) is 11.6 Å². The summed E-state index contributed by atoms with van der Waals surface area (Å²) < 4.78 is 31.9. The first kappa shape index (κ1) is 21.8. The molecule has 0 unspecified atom stereocenters. The number of pyridine rings is 1. The van der Waals surface area contributed by atoms with E-state index in [9.17, 15) is 13.6 Å². The molecule has 9 nitrogen and oxygen atoms in total. The fourth-order valence-electron chi connectivity index (χ4n) is 4.35. The molecule has 5 rings (SSSR count). The van der Waals surface area contributed by atoms with Crippen LogP contribution in [-0.2, 0) is 7.05 Å². The first-order valence-electron chi connectivity index (χ1n) is 10.9. The number of anilines is 2. The van der Waals surface area contributed by atoms with Gasteiger partial charge in [-0.1, -0.05) is 12.1 Å². The van der Waals surface area contributed by atoms with Gasteiger partial charge in [-0.25, -0.2) is 19.7 Å². The van der Waals surface area contributed by atoms with E-state index in [1.54, 1.807) is 22.4 Å². The number of hydrogen-bond acceptors (Lipinski definition) is 7. The number of para-hydroxylation sites is 2. The highest BCUT2D eigenvalue weighted by Crippen LogP contribution is 2.25. The van der Waals surface area contributed by atoms with Crippen LogP contribution in [0.4, 0.5) is 20.4 Å². The summed E-state index contributed by atoms with van der Waals surface area (Å²) in [7, 11) is 1.76. The van der Waals surface area contributed by atoms with Crippen molar-refractivity contribution < 1.29 is 13.5 Å². The molecule has 0 spiro atoms. The zero-order valence-electron chi connectivity index (χ0n) is 18.4. The summed E-state index contributed by atoms with van der Waals surface area (Å²) in [6.07, 6.45) is 6.94. The van der Waals surface area contributed by atoms with E-state index in [0.29, 0.717) is 11.5 Å². The van der Waals surface area contributed by atoms with Gasteiger partial charge in [0.25, 0.3) is 0 Å². The fourth-order valence-corrected chi connectivity index (χ4v) is 4.35. The number of aryl methyl sites for hydroxylation is 1. The molecule has 1 aliphatic carbocycles. The molecule has 1 aromatic carbocycles. The van der Waals surface area contributed by atoms with Gasteiger partial charge in [-0.05, 0) is 43.5 Å². The fraction of sp³-hybridized carbons (Fsp3) is 0.304. The number of hydrogen-bond donors (Lipinski definition) is 2. The van der Waals surface area contributed by atoms with Gasteiger partial charge in [0, 0.05) is 19.1 Å². The van der Waals surface area contributed by atoms with E-state index in [2.05, 4.69) is 30.3 Å². The predicted octanol–water partition coefficient (Wildman–Crippen LogP) is 3.56. The highest BCUT2D eigenvalue weighted by atomic mass is 19.3. The summed E-state index contributed by atoms with van der Waals surface area (Å²) in [5.74, 6) is 1.03. The number of nitrogens with one attached hydrogen (secondary N) is 2. The van der Waals surface area contributed by atoms with Crippen LogP contribution in [0.5, 0.6) is 5.88 Å². The molecular weight excluding hydrogens is 444 g/mol. The van der Waals surface area contributed by atoms with Gasteiger partial charge in [0.05, 0.1) is 35.3 Å². The van der Waals surface area contributed by atoms with Gasteiger partial charge in [-0.2, -0.15) is 8.78 Å². The SMILES string of the molecule is Cn1c(=O)n(-c2ccc(N[C@H]3CC[C@H](Nc4cnc(OC(F)F)cn4)C3)nc2)c2ccccc21. The van der Waals surface area contributed by atoms with Crippen LogP contribution in [0.1, 0.15) is 19.3 Å². The Labute approximate surface area is 193 Å². The lowest BCUT2D eigenvalue weighted by molar-refractivity contribution is -0.0530. The van der Waals surface area contributed by atoms with Gasteiger partial charge >= 0.3 is 12.3 Å². The number of fused-ring (bicyclic) bond motifs is 1. The molecular formula is C23H23F2N7O2. The van der Waals surface area contributed by atoms with Crippen molar-refractivity contribution in [3.05, 3.63) is 65.5 Å². The average molecular weight is 467 g/mol. The van der Waals surface area contributed by atoms with E-state index in [0.717, 1.165) is 36.1 Å². The van der Waals surface area contributed by atoms with Crippen LogP contribution < -0.4 is 21.1 Å². The Kier molecular flexibility index (Phi) is 5.83. The second kappa shape index (κ2) is 9.08. The Balaban J connectivity index is 1.21. The quantitative estimate of drug-likeness (QED) is 0.429. The number of alkyl halides is 2. The van der Waals surface area contributed by atoms with Crippen LogP contribution in [0, 0.1) is 0 Å². The van der Waals surface area contributed by atoms with Crippen molar-refractivity contribution in [2.45, 2.75) is 38.0 Å². The molecule has 2 atom stereocenters. The molecule has 0 radical (unpaired) electrons. The highest BCUT2D eigenvalue weighted by molar-refractivity contribution is 5.78. The topological polar surface area (TPSA) is 98.9 Å². The molecule has 1 aliphatic rings.